The Hall–Kier alpha value is -0.0900. The van der Waals surface area contributed by atoms with Crippen molar-refractivity contribution in [2.24, 2.45) is 0 Å². The Morgan fingerprint density at radius 1 is 1.38 bits per heavy atom. The van der Waals surface area contributed by atoms with Gasteiger partial charge in [0.05, 0.1) is 0 Å². The third kappa shape index (κ3) is 3.65. The van der Waals surface area contributed by atoms with Crippen molar-refractivity contribution in [1.82, 2.24) is 5.32 Å². The van der Waals surface area contributed by atoms with Crippen molar-refractivity contribution < 1.29 is 0 Å². The molecule has 0 aliphatic carbocycles. The highest BCUT2D eigenvalue weighted by molar-refractivity contribution is 14.1. The van der Waals surface area contributed by atoms with E-state index in [-0.39, 0.29) is 0 Å². The van der Waals surface area contributed by atoms with Crippen LogP contribution in [0.4, 0.5) is 0 Å². The second-order valence-electron chi connectivity index (χ2n) is 3.32. The van der Waals surface area contributed by atoms with Crippen LogP contribution in [0.5, 0.6) is 0 Å². The van der Waals surface area contributed by atoms with Crippen molar-refractivity contribution in [3.05, 3.63) is 33.4 Å². The Labute approximate surface area is 94.1 Å². The number of rotatable bonds is 4. The molecule has 0 fully saturated rings. The minimum absolute atomic E-state index is 0.607. The molecule has 1 aromatic carbocycles. The summed E-state index contributed by atoms with van der Waals surface area (Å²) in [6.45, 7) is 2.22. The molecule has 1 N–H and O–H groups in total. The lowest BCUT2D eigenvalue weighted by atomic mass is 10.1. The lowest BCUT2D eigenvalue weighted by Crippen LogP contribution is -2.21. The van der Waals surface area contributed by atoms with E-state index >= 15 is 0 Å². The van der Waals surface area contributed by atoms with Crippen LogP contribution in [0.2, 0.25) is 0 Å². The van der Waals surface area contributed by atoms with Gasteiger partial charge in [-0.1, -0.05) is 18.2 Å². The quantitative estimate of drug-likeness (QED) is 0.840. The Kier molecular flexibility index (Phi) is 4.73. The predicted molar refractivity (Wildman–Crippen MR) is 66.0 cm³/mol. The van der Waals surface area contributed by atoms with Gasteiger partial charge in [0.1, 0.15) is 0 Å². The van der Waals surface area contributed by atoms with Crippen molar-refractivity contribution in [1.29, 1.82) is 0 Å². The second-order valence-corrected chi connectivity index (χ2v) is 4.48. The number of benzene rings is 1. The van der Waals surface area contributed by atoms with Gasteiger partial charge in [-0.05, 0) is 61.0 Å². The van der Waals surface area contributed by atoms with Crippen LogP contribution in [0.25, 0.3) is 0 Å². The molecule has 72 valence electrons. The van der Waals surface area contributed by atoms with Crippen LogP contribution >= 0.6 is 22.6 Å². The Balaban J connectivity index is 2.50. The molecular weight excluding hydrogens is 273 g/mol. The Morgan fingerprint density at radius 3 is 2.69 bits per heavy atom. The maximum absolute atomic E-state index is 3.25. The molecule has 0 saturated carbocycles. The predicted octanol–water partition coefficient (Wildman–Crippen LogP) is 2.83. The molecule has 2 heteroatoms. The average molecular weight is 289 g/mol. The van der Waals surface area contributed by atoms with Crippen molar-refractivity contribution in [3.8, 4) is 0 Å². The van der Waals surface area contributed by atoms with Gasteiger partial charge >= 0.3 is 0 Å². The normalized spacial score (nSPS) is 12.8. The smallest absolute Gasteiger partial charge is 0.0162 e. The summed E-state index contributed by atoms with van der Waals surface area (Å²) in [5.74, 6) is 0. The van der Waals surface area contributed by atoms with Gasteiger partial charge in [-0.25, -0.2) is 0 Å². The topological polar surface area (TPSA) is 12.0 Å². The van der Waals surface area contributed by atoms with Crippen molar-refractivity contribution in [3.63, 3.8) is 0 Å². The molecule has 0 aliphatic heterocycles. The zero-order chi connectivity index (χ0) is 9.68. The SMILES string of the molecule is CNC(C)CCc1ccccc1I. The Bertz CT molecular complexity index is 260. The maximum atomic E-state index is 3.25. The molecule has 0 aromatic heterocycles. The minimum Gasteiger partial charge on any atom is -0.317 e. The summed E-state index contributed by atoms with van der Waals surface area (Å²) in [6.07, 6.45) is 2.37. The van der Waals surface area contributed by atoms with Crippen LogP contribution in [0, 0.1) is 3.57 Å². The van der Waals surface area contributed by atoms with Gasteiger partial charge in [-0.2, -0.15) is 0 Å². The number of aryl methyl sites for hydroxylation is 1. The second kappa shape index (κ2) is 5.60. The summed E-state index contributed by atoms with van der Waals surface area (Å²) in [7, 11) is 2.01. The fourth-order valence-electron chi connectivity index (χ4n) is 1.22. The largest absolute Gasteiger partial charge is 0.317 e. The molecule has 0 amide bonds. The van der Waals surface area contributed by atoms with E-state index in [1.54, 1.807) is 0 Å². The van der Waals surface area contributed by atoms with Crippen LogP contribution in [0.15, 0.2) is 24.3 Å². The first-order valence-corrected chi connectivity index (χ1v) is 5.72. The third-order valence-electron chi connectivity index (χ3n) is 2.30. The van der Waals surface area contributed by atoms with Gasteiger partial charge in [0, 0.05) is 9.61 Å². The molecule has 0 radical (unpaired) electrons. The zero-order valence-corrected chi connectivity index (χ0v) is 10.3. The van der Waals surface area contributed by atoms with E-state index in [4.69, 9.17) is 0 Å². The van der Waals surface area contributed by atoms with Gasteiger partial charge in [0.2, 0.25) is 0 Å². The van der Waals surface area contributed by atoms with Crippen LogP contribution < -0.4 is 5.32 Å². The summed E-state index contributed by atoms with van der Waals surface area (Å²) in [6, 6.07) is 9.19. The molecule has 0 saturated heterocycles. The Morgan fingerprint density at radius 2 is 2.08 bits per heavy atom. The van der Waals surface area contributed by atoms with Gasteiger partial charge in [-0.3, -0.25) is 0 Å². The number of halogens is 1. The molecule has 0 spiro atoms. The van der Waals surface area contributed by atoms with E-state index in [2.05, 4.69) is 59.1 Å². The fourth-order valence-corrected chi connectivity index (χ4v) is 1.87. The number of hydrogen-bond acceptors (Lipinski definition) is 1. The van der Waals surface area contributed by atoms with Gasteiger partial charge < -0.3 is 5.32 Å². The van der Waals surface area contributed by atoms with Gasteiger partial charge in [-0.15, -0.1) is 0 Å². The molecular formula is C11H16IN. The highest BCUT2D eigenvalue weighted by Gasteiger charge is 2.01. The summed E-state index contributed by atoms with van der Waals surface area (Å²) >= 11 is 2.40. The molecule has 1 rings (SSSR count). The first kappa shape index (κ1) is 11.0. The summed E-state index contributed by atoms with van der Waals surface area (Å²) in [4.78, 5) is 0. The third-order valence-corrected chi connectivity index (χ3v) is 3.35. The van der Waals surface area contributed by atoms with Gasteiger partial charge in [0.15, 0.2) is 0 Å². The molecule has 0 heterocycles. The van der Waals surface area contributed by atoms with Crippen molar-refractivity contribution in [2.45, 2.75) is 25.8 Å². The zero-order valence-electron chi connectivity index (χ0n) is 8.18. The lowest BCUT2D eigenvalue weighted by Gasteiger charge is -2.10. The summed E-state index contributed by atoms with van der Waals surface area (Å²) in [5.41, 5.74) is 1.46. The molecule has 13 heavy (non-hydrogen) atoms. The highest BCUT2D eigenvalue weighted by Crippen LogP contribution is 2.13. The number of nitrogens with one attached hydrogen (secondary N) is 1. The van der Waals surface area contributed by atoms with Crippen LogP contribution in [-0.4, -0.2) is 13.1 Å². The van der Waals surface area contributed by atoms with E-state index in [0.717, 1.165) is 0 Å². The first-order chi connectivity index (χ1) is 6.24. The molecule has 1 atom stereocenters. The summed E-state index contributed by atoms with van der Waals surface area (Å²) < 4.78 is 1.38. The molecule has 0 bridgehead atoms. The highest BCUT2D eigenvalue weighted by atomic mass is 127. The van der Waals surface area contributed by atoms with Crippen molar-refractivity contribution >= 4 is 22.6 Å². The van der Waals surface area contributed by atoms with Crippen LogP contribution in [0.3, 0.4) is 0 Å². The number of hydrogen-bond donors (Lipinski definition) is 1. The lowest BCUT2D eigenvalue weighted by molar-refractivity contribution is 0.564. The van der Waals surface area contributed by atoms with Gasteiger partial charge in [0.25, 0.3) is 0 Å². The van der Waals surface area contributed by atoms with Crippen molar-refractivity contribution in [2.75, 3.05) is 7.05 Å². The standard InChI is InChI=1S/C11H16IN/c1-9(13-2)7-8-10-5-3-4-6-11(10)12/h3-6,9,13H,7-8H2,1-2H3. The summed E-state index contributed by atoms with van der Waals surface area (Å²) in [5, 5.41) is 3.25. The van der Waals surface area contributed by atoms with E-state index in [1.165, 1.54) is 22.0 Å². The minimum atomic E-state index is 0.607. The first-order valence-electron chi connectivity index (χ1n) is 4.64. The fraction of sp³-hybridized carbons (Fsp3) is 0.455. The van der Waals surface area contributed by atoms with E-state index < -0.39 is 0 Å². The molecule has 1 unspecified atom stereocenters. The van der Waals surface area contributed by atoms with E-state index in [9.17, 15) is 0 Å². The molecule has 1 aromatic rings. The van der Waals surface area contributed by atoms with E-state index in [1.807, 2.05) is 7.05 Å². The van der Waals surface area contributed by atoms with Crippen LogP contribution in [0.1, 0.15) is 18.9 Å². The molecule has 0 aliphatic rings. The molecule has 1 nitrogen and oxygen atoms in total. The monoisotopic (exact) mass is 289 g/mol. The van der Waals surface area contributed by atoms with E-state index in [0.29, 0.717) is 6.04 Å². The average Bonchev–Trinajstić information content (AvgIpc) is 2.16. The maximum Gasteiger partial charge on any atom is 0.0162 e. The van der Waals surface area contributed by atoms with Crippen LogP contribution in [-0.2, 0) is 6.42 Å².